The van der Waals surface area contributed by atoms with Gasteiger partial charge in [0.25, 0.3) is 5.91 Å². The van der Waals surface area contributed by atoms with Crippen molar-refractivity contribution in [2.75, 3.05) is 46.0 Å². The molecule has 1 amide bonds. The highest BCUT2D eigenvalue weighted by Crippen LogP contribution is 2.23. The van der Waals surface area contributed by atoms with Crippen LogP contribution in [0.2, 0.25) is 0 Å². The Balaban J connectivity index is 1.36. The Kier molecular flexibility index (Phi) is 7.18. The van der Waals surface area contributed by atoms with Gasteiger partial charge in [0, 0.05) is 39.3 Å². The van der Waals surface area contributed by atoms with Crippen LogP contribution in [0, 0.1) is 0 Å². The number of amides is 1. The third-order valence-electron chi connectivity index (χ3n) is 5.74. The van der Waals surface area contributed by atoms with Gasteiger partial charge in [0.15, 0.2) is 0 Å². The van der Waals surface area contributed by atoms with Crippen molar-refractivity contribution in [3.63, 3.8) is 0 Å². The summed E-state index contributed by atoms with van der Waals surface area (Å²) in [7, 11) is 0. The maximum Gasteiger partial charge on any atom is 0.257 e. The minimum absolute atomic E-state index is 0.0387. The maximum atomic E-state index is 13.1. The van der Waals surface area contributed by atoms with Gasteiger partial charge in [0.1, 0.15) is 12.4 Å². The van der Waals surface area contributed by atoms with Crippen molar-refractivity contribution in [2.24, 2.45) is 0 Å². The zero-order chi connectivity index (χ0) is 21.5. The smallest absolute Gasteiger partial charge is 0.257 e. The van der Waals surface area contributed by atoms with Crippen LogP contribution in [-0.4, -0.2) is 61.7 Å². The van der Waals surface area contributed by atoms with Gasteiger partial charge in [-0.3, -0.25) is 9.69 Å². The summed E-state index contributed by atoms with van der Waals surface area (Å²) < 4.78 is 11.1. The SMILES string of the molecule is CCOCCOc1ccccc1C(=O)N1CCN(Cc2cccc3ccccc23)CC1. The van der Waals surface area contributed by atoms with Gasteiger partial charge in [0.05, 0.1) is 12.2 Å². The summed E-state index contributed by atoms with van der Waals surface area (Å²) in [4.78, 5) is 17.5. The number of para-hydroxylation sites is 1. The second-order valence-corrected chi connectivity index (χ2v) is 7.75. The average molecular weight is 419 g/mol. The highest BCUT2D eigenvalue weighted by molar-refractivity contribution is 5.97. The second kappa shape index (κ2) is 10.4. The molecule has 31 heavy (non-hydrogen) atoms. The molecule has 0 aliphatic carbocycles. The van der Waals surface area contributed by atoms with Crippen LogP contribution in [0.1, 0.15) is 22.8 Å². The van der Waals surface area contributed by atoms with Crippen molar-refractivity contribution < 1.29 is 14.3 Å². The number of fused-ring (bicyclic) bond motifs is 1. The first-order chi connectivity index (χ1) is 15.3. The van der Waals surface area contributed by atoms with Crippen LogP contribution in [0.15, 0.2) is 66.7 Å². The van der Waals surface area contributed by atoms with Crippen molar-refractivity contribution in [1.82, 2.24) is 9.80 Å². The molecule has 1 fully saturated rings. The fourth-order valence-corrected chi connectivity index (χ4v) is 4.07. The molecule has 1 aliphatic heterocycles. The molecular formula is C26H30N2O3. The molecule has 1 heterocycles. The molecule has 0 radical (unpaired) electrons. The van der Waals surface area contributed by atoms with Gasteiger partial charge in [-0.2, -0.15) is 0 Å². The zero-order valence-corrected chi connectivity index (χ0v) is 18.1. The Morgan fingerprint density at radius 1 is 0.871 bits per heavy atom. The van der Waals surface area contributed by atoms with Crippen LogP contribution in [0.5, 0.6) is 5.75 Å². The largest absolute Gasteiger partial charge is 0.490 e. The van der Waals surface area contributed by atoms with E-state index in [2.05, 4.69) is 47.4 Å². The molecule has 162 valence electrons. The topological polar surface area (TPSA) is 42.0 Å². The molecule has 0 unspecified atom stereocenters. The molecular weight excluding hydrogens is 388 g/mol. The summed E-state index contributed by atoms with van der Waals surface area (Å²) in [5.74, 6) is 0.669. The Morgan fingerprint density at radius 2 is 1.61 bits per heavy atom. The average Bonchev–Trinajstić information content (AvgIpc) is 2.82. The molecule has 1 saturated heterocycles. The van der Waals surface area contributed by atoms with Gasteiger partial charge < -0.3 is 14.4 Å². The predicted molar refractivity (Wildman–Crippen MR) is 124 cm³/mol. The summed E-state index contributed by atoms with van der Waals surface area (Å²) >= 11 is 0. The number of ether oxygens (including phenoxy) is 2. The van der Waals surface area contributed by atoms with Gasteiger partial charge >= 0.3 is 0 Å². The third-order valence-corrected chi connectivity index (χ3v) is 5.74. The molecule has 1 aliphatic rings. The third kappa shape index (κ3) is 5.24. The monoisotopic (exact) mass is 418 g/mol. The van der Waals surface area contributed by atoms with Crippen LogP contribution in [0.25, 0.3) is 10.8 Å². The van der Waals surface area contributed by atoms with Gasteiger partial charge in [0.2, 0.25) is 0 Å². The first-order valence-electron chi connectivity index (χ1n) is 11.0. The summed E-state index contributed by atoms with van der Waals surface area (Å²) in [6.07, 6.45) is 0. The van der Waals surface area contributed by atoms with E-state index in [1.807, 2.05) is 36.1 Å². The normalized spacial score (nSPS) is 14.7. The standard InChI is InChI=1S/C26H30N2O3/c1-2-30-18-19-31-25-13-6-5-12-24(25)26(29)28-16-14-27(15-17-28)20-22-10-7-9-21-8-3-4-11-23(21)22/h3-13H,2,14-20H2,1H3. The van der Waals surface area contributed by atoms with Crippen molar-refractivity contribution in [3.05, 3.63) is 77.9 Å². The van der Waals surface area contributed by atoms with E-state index in [9.17, 15) is 4.79 Å². The number of piperazine rings is 1. The van der Waals surface area contributed by atoms with E-state index in [4.69, 9.17) is 9.47 Å². The number of benzene rings is 3. The first-order valence-corrected chi connectivity index (χ1v) is 11.0. The first kappa shape index (κ1) is 21.3. The van der Waals surface area contributed by atoms with Gasteiger partial charge in [-0.15, -0.1) is 0 Å². The van der Waals surface area contributed by atoms with Crippen LogP contribution >= 0.6 is 0 Å². The number of hydrogen-bond acceptors (Lipinski definition) is 4. The fourth-order valence-electron chi connectivity index (χ4n) is 4.07. The number of carbonyl (C=O) groups excluding carboxylic acids is 1. The number of carbonyl (C=O) groups is 1. The van der Waals surface area contributed by atoms with Crippen LogP contribution in [-0.2, 0) is 11.3 Å². The quantitative estimate of drug-likeness (QED) is 0.514. The lowest BCUT2D eigenvalue weighted by atomic mass is 10.0. The Labute approximate surface area is 184 Å². The predicted octanol–water partition coefficient (Wildman–Crippen LogP) is 4.21. The highest BCUT2D eigenvalue weighted by atomic mass is 16.5. The van der Waals surface area contributed by atoms with E-state index in [0.29, 0.717) is 31.1 Å². The molecule has 3 aromatic carbocycles. The number of hydrogen-bond donors (Lipinski definition) is 0. The van der Waals surface area contributed by atoms with E-state index >= 15 is 0 Å². The van der Waals surface area contributed by atoms with Crippen LogP contribution < -0.4 is 4.74 Å². The second-order valence-electron chi connectivity index (χ2n) is 7.75. The van der Waals surface area contributed by atoms with Crippen LogP contribution in [0.3, 0.4) is 0 Å². The lowest BCUT2D eigenvalue weighted by Crippen LogP contribution is -2.48. The molecule has 0 aromatic heterocycles. The Bertz CT molecular complexity index is 1010. The molecule has 0 saturated carbocycles. The number of nitrogens with zero attached hydrogens (tertiary/aromatic N) is 2. The lowest BCUT2D eigenvalue weighted by Gasteiger charge is -2.35. The van der Waals surface area contributed by atoms with E-state index in [0.717, 1.165) is 32.7 Å². The lowest BCUT2D eigenvalue weighted by molar-refractivity contribution is 0.0621. The fraction of sp³-hybridized carbons (Fsp3) is 0.346. The maximum absolute atomic E-state index is 13.1. The molecule has 0 atom stereocenters. The molecule has 3 aromatic rings. The van der Waals surface area contributed by atoms with Crippen molar-refractivity contribution in [2.45, 2.75) is 13.5 Å². The summed E-state index contributed by atoms with van der Waals surface area (Å²) in [6.45, 7) is 7.64. The summed E-state index contributed by atoms with van der Waals surface area (Å²) in [6, 6.07) is 22.5. The van der Waals surface area contributed by atoms with Crippen molar-refractivity contribution >= 4 is 16.7 Å². The zero-order valence-electron chi connectivity index (χ0n) is 18.1. The molecule has 0 bridgehead atoms. The highest BCUT2D eigenvalue weighted by Gasteiger charge is 2.24. The van der Waals surface area contributed by atoms with E-state index in [1.54, 1.807) is 0 Å². The van der Waals surface area contributed by atoms with E-state index < -0.39 is 0 Å². The van der Waals surface area contributed by atoms with Crippen molar-refractivity contribution in [3.8, 4) is 5.75 Å². The van der Waals surface area contributed by atoms with Crippen molar-refractivity contribution in [1.29, 1.82) is 0 Å². The van der Waals surface area contributed by atoms with Gasteiger partial charge in [-0.25, -0.2) is 0 Å². The summed E-state index contributed by atoms with van der Waals surface area (Å²) in [5.41, 5.74) is 1.97. The molecule has 5 heteroatoms. The van der Waals surface area contributed by atoms with E-state index in [1.165, 1.54) is 16.3 Å². The Morgan fingerprint density at radius 3 is 2.45 bits per heavy atom. The molecule has 0 N–H and O–H groups in total. The van der Waals surface area contributed by atoms with Crippen LogP contribution in [0.4, 0.5) is 0 Å². The molecule has 0 spiro atoms. The number of rotatable bonds is 8. The van der Waals surface area contributed by atoms with E-state index in [-0.39, 0.29) is 5.91 Å². The molecule has 5 nitrogen and oxygen atoms in total. The minimum atomic E-state index is 0.0387. The summed E-state index contributed by atoms with van der Waals surface area (Å²) in [5, 5.41) is 2.58. The van der Waals surface area contributed by atoms with Gasteiger partial charge in [-0.1, -0.05) is 54.6 Å². The molecule has 4 rings (SSSR count). The minimum Gasteiger partial charge on any atom is -0.490 e. The Hall–Kier alpha value is -2.89. The van der Waals surface area contributed by atoms with Gasteiger partial charge in [-0.05, 0) is 35.4 Å².